The number of carbonyl (C=O) groups excluding carboxylic acids is 1. The molecule has 1 atom stereocenters. The molecule has 114 valence electrons. The lowest BCUT2D eigenvalue weighted by Gasteiger charge is -2.26. The molecule has 0 spiro atoms. The van der Waals surface area contributed by atoms with Crippen LogP contribution in [0.2, 0.25) is 0 Å². The van der Waals surface area contributed by atoms with E-state index in [2.05, 4.69) is 19.2 Å². The van der Waals surface area contributed by atoms with Crippen LogP contribution in [0, 0.1) is 11.3 Å². The van der Waals surface area contributed by atoms with Gasteiger partial charge in [0.25, 0.3) is 0 Å². The van der Waals surface area contributed by atoms with Crippen LogP contribution in [0.1, 0.15) is 33.1 Å². The van der Waals surface area contributed by atoms with E-state index in [0.717, 1.165) is 19.3 Å². The minimum Gasteiger partial charge on any atom is -0.484 e. The Morgan fingerprint density at radius 2 is 2.19 bits per heavy atom. The molecule has 1 fully saturated rings. The summed E-state index contributed by atoms with van der Waals surface area (Å²) in [4.78, 5) is 12.8. The van der Waals surface area contributed by atoms with Crippen LogP contribution in [0.15, 0.2) is 24.3 Å². The second kappa shape index (κ2) is 6.43. The van der Waals surface area contributed by atoms with Crippen molar-refractivity contribution in [3.8, 4) is 5.75 Å². The average molecular weight is 306 g/mol. The van der Waals surface area contributed by atoms with Crippen LogP contribution in [-0.2, 0) is 4.79 Å². The zero-order valence-corrected chi connectivity index (χ0v) is 13.3. The Kier molecular flexibility index (Phi) is 4.83. The van der Waals surface area contributed by atoms with Crippen molar-refractivity contribution in [3.05, 3.63) is 24.3 Å². The lowest BCUT2D eigenvalue weighted by molar-refractivity contribution is -0.122. The minimum atomic E-state index is 0.0427. The number of nitrogens with one attached hydrogen (secondary N) is 1. The Morgan fingerprint density at radius 1 is 1.48 bits per heavy atom. The molecule has 5 heteroatoms. The third kappa shape index (κ3) is 3.94. The van der Waals surface area contributed by atoms with Gasteiger partial charge in [0.05, 0.1) is 5.69 Å². The van der Waals surface area contributed by atoms with Gasteiger partial charge < -0.3 is 15.8 Å². The maximum absolute atomic E-state index is 12.5. The molecule has 1 aliphatic carbocycles. The summed E-state index contributed by atoms with van der Waals surface area (Å²) in [5.41, 5.74) is 6.17. The number of thiocarbonyl (C=S) groups is 1. The van der Waals surface area contributed by atoms with Crippen LogP contribution < -0.4 is 15.8 Å². The first-order chi connectivity index (χ1) is 9.90. The monoisotopic (exact) mass is 306 g/mol. The number of carbonyl (C=O) groups is 1. The number of hydrogen-bond acceptors (Lipinski definition) is 3. The van der Waals surface area contributed by atoms with E-state index in [1.165, 1.54) is 0 Å². The number of nitrogens with two attached hydrogens (primary N) is 1. The minimum absolute atomic E-state index is 0.0427. The fraction of sp³-hybridized carbons (Fsp3) is 0.500. The molecular weight excluding hydrogens is 284 g/mol. The van der Waals surface area contributed by atoms with E-state index in [9.17, 15) is 4.79 Å². The normalized spacial score (nSPS) is 20.0. The summed E-state index contributed by atoms with van der Waals surface area (Å²) in [6.07, 6.45) is 3.13. The second-order valence-corrected chi connectivity index (χ2v) is 6.70. The zero-order chi connectivity index (χ0) is 15.5. The van der Waals surface area contributed by atoms with Gasteiger partial charge >= 0.3 is 0 Å². The van der Waals surface area contributed by atoms with Crippen LogP contribution in [0.25, 0.3) is 0 Å². The molecule has 1 aromatic rings. The van der Waals surface area contributed by atoms with Crippen molar-refractivity contribution in [2.24, 2.45) is 17.1 Å². The summed E-state index contributed by atoms with van der Waals surface area (Å²) >= 11 is 4.81. The van der Waals surface area contributed by atoms with Gasteiger partial charge in [-0.15, -0.1) is 0 Å². The van der Waals surface area contributed by atoms with E-state index < -0.39 is 0 Å². The van der Waals surface area contributed by atoms with Gasteiger partial charge in [0, 0.05) is 5.92 Å². The molecule has 1 aromatic carbocycles. The van der Waals surface area contributed by atoms with Gasteiger partial charge in [0.1, 0.15) is 17.3 Å². The molecule has 0 aliphatic heterocycles. The highest BCUT2D eigenvalue weighted by atomic mass is 32.1. The highest BCUT2D eigenvalue weighted by Crippen LogP contribution is 2.43. The Morgan fingerprint density at radius 3 is 2.81 bits per heavy atom. The van der Waals surface area contributed by atoms with Gasteiger partial charge in [-0.3, -0.25) is 4.79 Å². The van der Waals surface area contributed by atoms with Gasteiger partial charge in [-0.2, -0.15) is 0 Å². The number of hydrogen-bond donors (Lipinski definition) is 2. The van der Waals surface area contributed by atoms with Crippen molar-refractivity contribution >= 4 is 28.8 Å². The molecule has 0 radical (unpaired) electrons. The lowest BCUT2D eigenvalue weighted by Crippen LogP contribution is -2.31. The van der Waals surface area contributed by atoms with E-state index in [0.29, 0.717) is 11.4 Å². The Labute approximate surface area is 131 Å². The zero-order valence-electron chi connectivity index (χ0n) is 12.5. The van der Waals surface area contributed by atoms with Crippen molar-refractivity contribution < 1.29 is 9.53 Å². The molecule has 4 nitrogen and oxygen atoms in total. The summed E-state index contributed by atoms with van der Waals surface area (Å²) < 4.78 is 5.53. The molecule has 0 heterocycles. The summed E-state index contributed by atoms with van der Waals surface area (Å²) in [7, 11) is 0. The molecule has 0 aromatic heterocycles. The smallest absolute Gasteiger partial charge is 0.228 e. The highest BCUT2D eigenvalue weighted by molar-refractivity contribution is 7.80. The Balaban J connectivity index is 2.08. The van der Waals surface area contributed by atoms with Gasteiger partial charge in [-0.05, 0) is 30.4 Å². The van der Waals surface area contributed by atoms with Gasteiger partial charge in [0.2, 0.25) is 5.91 Å². The average Bonchev–Trinajstić information content (AvgIpc) is 2.77. The summed E-state index contributed by atoms with van der Waals surface area (Å²) in [5.74, 6) is 0.694. The van der Waals surface area contributed by atoms with E-state index in [1.54, 1.807) is 6.07 Å². The number of anilines is 1. The predicted octanol–water partition coefficient (Wildman–Crippen LogP) is 3.12. The van der Waals surface area contributed by atoms with Crippen molar-refractivity contribution in [2.45, 2.75) is 33.1 Å². The number of ether oxygens (including phenoxy) is 1. The number of amides is 1. The number of para-hydroxylation sites is 2. The first-order valence-corrected chi connectivity index (χ1v) is 7.62. The quantitative estimate of drug-likeness (QED) is 0.820. The highest BCUT2D eigenvalue weighted by Gasteiger charge is 2.39. The maximum atomic E-state index is 12.5. The molecule has 1 unspecified atom stereocenters. The van der Waals surface area contributed by atoms with Crippen LogP contribution >= 0.6 is 12.2 Å². The summed E-state index contributed by atoms with van der Waals surface area (Å²) in [6.45, 7) is 4.47. The fourth-order valence-corrected chi connectivity index (χ4v) is 2.94. The van der Waals surface area contributed by atoms with E-state index in [-0.39, 0.29) is 28.8 Å². The van der Waals surface area contributed by atoms with Gasteiger partial charge in [0.15, 0.2) is 0 Å². The predicted molar refractivity (Wildman–Crippen MR) is 88.5 cm³/mol. The number of rotatable bonds is 5. The molecule has 1 aliphatic rings. The van der Waals surface area contributed by atoms with Crippen LogP contribution in [0.3, 0.4) is 0 Å². The first kappa shape index (κ1) is 15.8. The second-order valence-electron chi connectivity index (χ2n) is 6.17. The van der Waals surface area contributed by atoms with Crippen molar-refractivity contribution in [3.63, 3.8) is 0 Å². The molecular formula is C16H22N2O2S. The maximum Gasteiger partial charge on any atom is 0.228 e. The Hall–Kier alpha value is -1.62. The fourth-order valence-electron chi connectivity index (χ4n) is 2.88. The molecule has 21 heavy (non-hydrogen) atoms. The lowest BCUT2D eigenvalue weighted by atomic mass is 9.81. The van der Waals surface area contributed by atoms with E-state index >= 15 is 0 Å². The third-order valence-corrected chi connectivity index (χ3v) is 4.21. The van der Waals surface area contributed by atoms with Crippen LogP contribution in [0.5, 0.6) is 5.75 Å². The van der Waals surface area contributed by atoms with Crippen molar-refractivity contribution in [1.82, 2.24) is 0 Å². The summed E-state index contributed by atoms with van der Waals surface area (Å²) in [6, 6.07) is 7.34. The van der Waals surface area contributed by atoms with E-state index in [1.807, 2.05) is 18.2 Å². The largest absolute Gasteiger partial charge is 0.484 e. The molecule has 0 saturated heterocycles. The molecule has 0 bridgehead atoms. The van der Waals surface area contributed by atoms with E-state index in [4.69, 9.17) is 22.7 Å². The Bertz CT molecular complexity index is 543. The SMILES string of the molecule is CC1(C)CCCC1C(=O)Nc1ccccc1OCC(N)=S. The topological polar surface area (TPSA) is 64.3 Å². The van der Waals surface area contributed by atoms with Gasteiger partial charge in [-0.25, -0.2) is 0 Å². The molecule has 1 saturated carbocycles. The van der Waals surface area contributed by atoms with Crippen molar-refractivity contribution in [2.75, 3.05) is 11.9 Å². The third-order valence-electron chi connectivity index (χ3n) is 4.09. The standard InChI is InChI=1S/C16H22N2O2S/c1-16(2)9-5-6-11(16)15(19)18-12-7-3-4-8-13(12)20-10-14(17)21/h3-4,7-8,11H,5-6,9-10H2,1-2H3,(H2,17,21)(H,18,19). The van der Waals surface area contributed by atoms with Crippen LogP contribution in [-0.4, -0.2) is 17.5 Å². The molecule has 1 amide bonds. The molecule has 3 N–H and O–H groups in total. The van der Waals surface area contributed by atoms with Gasteiger partial charge in [-0.1, -0.05) is 44.6 Å². The summed E-state index contributed by atoms with van der Waals surface area (Å²) in [5, 5.41) is 2.98. The number of benzene rings is 1. The van der Waals surface area contributed by atoms with Crippen LogP contribution in [0.4, 0.5) is 5.69 Å². The molecule has 2 rings (SSSR count). The first-order valence-electron chi connectivity index (χ1n) is 7.21. The van der Waals surface area contributed by atoms with Crippen molar-refractivity contribution in [1.29, 1.82) is 0 Å².